The van der Waals surface area contributed by atoms with Gasteiger partial charge >= 0.3 is 0 Å². The van der Waals surface area contributed by atoms with Gasteiger partial charge in [-0.05, 0) is 54.8 Å². The van der Waals surface area contributed by atoms with Gasteiger partial charge in [-0.1, -0.05) is 6.07 Å². The van der Waals surface area contributed by atoms with Gasteiger partial charge in [0.1, 0.15) is 11.6 Å². The number of aromatic hydroxyl groups is 1. The molecule has 1 aromatic heterocycles. The van der Waals surface area contributed by atoms with Gasteiger partial charge in [0.05, 0.1) is 5.56 Å². The van der Waals surface area contributed by atoms with Crippen LogP contribution >= 0.6 is 0 Å². The Morgan fingerprint density at radius 1 is 1.26 bits per heavy atom. The molecule has 118 valence electrons. The van der Waals surface area contributed by atoms with Gasteiger partial charge in [0.2, 0.25) is 0 Å². The van der Waals surface area contributed by atoms with Crippen molar-refractivity contribution >= 4 is 16.8 Å². The molecule has 0 saturated carbocycles. The lowest BCUT2D eigenvalue weighted by Crippen LogP contribution is -2.25. The standard InChI is InChI=1S/C18H17FN2O2/c1-11-2-4-15(17(22)8-11)18(23)20-7-6-12-10-21-16-9-13(19)3-5-14(12)16/h2-5,8-10,21-22H,6-7H2,1H3,(H,20,23). The summed E-state index contributed by atoms with van der Waals surface area (Å²) >= 11 is 0. The molecule has 0 spiro atoms. The van der Waals surface area contributed by atoms with E-state index in [9.17, 15) is 14.3 Å². The summed E-state index contributed by atoms with van der Waals surface area (Å²) in [6.07, 6.45) is 2.43. The molecule has 2 aromatic carbocycles. The fraction of sp³-hybridized carbons (Fsp3) is 0.167. The van der Waals surface area contributed by atoms with E-state index in [0.717, 1.165) is 22.0 Å². The number of carbonyl (C=O) groups excluding carboxylic acids is 1. The molecule has 0 bridgehead atoms. The lowest BCUT2D eigenvalue weighted by Gasteiger charge is -2.07. The van der Waals surface area contributed by atoms with Crippen molar-refractivity contribution in [2.75, 3.05) is 6.54 Å². The maximum absolute atomic E-state index is 13.2. The summed E-state index contributed by atoms with van der Waals surface area (Å²) in [6, 6.07) is 9.54. The van der Waals surface area contributed by atoms with Crippen molar-refractivity contribution in [2.24, 2.45) is 0 Å². The number of phenols is 1. The molecule has 23 heavy (non-hydrogen) atoms. The summed E-state index contributed by atoms with van der Waals surface area (Å²) in [5.74, 6) is -0.618. The molecule has 0 radical (unpaired) electrons. The molecule has 0 unspecified atom stereocenters. The highest BCUT2D eigenvalue weighted by molar-refractivity contribution is 5.96. The van der Waals surface area contributed by atoms with Crippen LogP contribution in [0.5, 0.6) is 5.75 Å². The number of aromatic amines is 1. The third kappa shape index (κ3) is 3.18. The fourth-order valence-electron chi connectivity index (χ4n) is 2.60. The summed E-state index contributed by atoms with van der Waals surface area (Å²) in [5.41, 5.74) is 2.90. The van der Waals surface area contributed by atoms with Crippen molar-refractivity contribution in [3.8, 4) is 5.75 Å². The van der Waals surface area contributed by atoms with Gasteiger partial charge in [0.15, 0.2) is 0 Å². The molecular weight excluding hydrogens is 295 g/mol. The molecular formula is C18H17FN2O2. The van der Waals surface area contributed by atoms with Crippen LogP contribution in [0.1, 0.15) is 21.5 Å². The van der Waals surface area contributed by atoms with Crippen molar-refractivity contribution in [1.29, 1.82) is 0 Å². The largest absolute Gasteiger partial charge is 0.507 e. The second kappa shape index (κ2) is 6.12. The minimum atomic E-state index is -0.312. The van der Waals surface area contributed by atoms with Gasteiger partial charge in [0, 0.05) is 23.6 Å². The zero-order valence-electron chi connectivity index (χ0n) is 12.7. The van der Waals surface area contributed by atoms with Crippen LogP contribution in [0.25, 0.3) is 10.9 Å². The third-order valence-corrected chi connectivity index (χ3v) is 3.81. The Morgan fingerprint density at radius 3 is 2.87 bits per heavy atom. The van der Waals surface area contributed by atoms with Crippen LogP contribution in [0.4, 0.5) is 4.39 Å². The minimum absolute atomic E-state index is 0.0231. The van der Waals surface area contributed by atoms with E-state index in [-0.39, 0.29) is 23.0 Å². The number of H-pyrrole nitrogens is 1. The van der Waals surface area contributed by atoms with Crippen molar-refractivity contribution in [3.63, 3.8) is 0 Å². The normalized spacial score (nSPS) is 10.9. The molecule has 4 nitrogen and oxygen atoms in total. The highest BCUT2D eigenvalue weighted by atomic mass is 19.1. The van der Waals surface area contributed by atoms with Crippen LogP contribution in [0, 0.1) is 12.7 Å². The van der Waals surface area contributed by atoms with Gasteiger partial charge < -0.3 is 15.4 Å². The number of phenolic OH excluding ortho intramolecular Hbond substituents is 1. The van der Waals surface area contributed by atoms with Crippen LogP contribution in [0.3, 0.4) is 0 Å². The molecule has 3 rings (SSSR count). The molecule has 0 aliphatic carbocycles. The van der Waals surface area contributed by atoms with Crippen molar-refractivity contribution in [3.05, 3.63) is 65.1 Å². The maximum atomic E-state index is 13.2. The molecule has 5 heteroatoms. The van der Waals surface area contributed by atoms with Crippen LogP contribution in [0.15, 0.2) is 42.6 Å². The molecule has 1 heterocycles. The van der Waals surface area contributed by atoms with Crippen molar-refractivity contribution < 1.29 is 14.3 Å². The van der Waals surface area contributed by atoms with Crippen molar-refractivity contribution in [2.45, 2.75) is 13.3 Å². The Morgan fingerprint density at radius 2 is 2.09 bits per heavy atom. The van der Waals surface area contributed by atoms with Gasteiger partial charge in [-0.25, -0.2) is 4.39 Å². The zero-order chi connectivity index (χ0) is 16.4. The molecule has 3 N–H and O–H groups in total. The number of benzene rings is 2. The number of hydrogen-bond donors (Lipinski definition) is 3. The number of amides is 1. The van der Waals surface area contributed by atoms with E-state index in [4.69, 9.17) is 0 Å². The topological polar surface area (TPSA) is 65.1 Å². The monoisotopic (exact) mass is 312 g/mol. The average Bonchev–Trinajstić information content (AvgIpc) is 2.89. The SMILES string of the molecule is Cc1ccc(C(=O)NCCc2c[nH]c3cc(F)ccc23)c(O)c1. The second-order valence-corrected chi connectivity index (χ2v) is 5.53. The smallest absolute Gasteiger partial charge is 0.255 e. The fourth-order valence-corrected chi connectivity index (χ4v) is 2.60. The number of aryl methyl sites for hydroxylation is 1. The van der Waals surface area contributed by atoms with E-state index in [1.54, 1.807) is 24.3 Å². The highest BCUT2D eigenvalue weighted by Crippen LogP contribution is 2.20. The van der Waals surface area contributed by atoms with E-state index in [1.807, 2.05) is 13.1 Å². The van der Waals surface area contributed by atoms with E-state index >= 15 is 0 Å². The lowest BCUT2D eigenvalue weighted by molar-refractivity contribution is 0.0951. The minimum Gasteiger partial charge on any atom is -0.507 e. The molecule has 0 aliphatic heterocycles. The quantitative estimate of drug-likeness (QED) is 0.692. The Kier molecular flexibility index (Phi) is 4.02. The average molecular weight is 312 g/mol. The first-order valence-corrected chi connectivity index (χ1v) is 7.38. The first kappa shape index (κ1) is 15.1. The number of nitrogens with one attached hydrogen (secondary N) is 2. The molecule has 1 amide bonds. The van der Waals surface area contributed by atoms with Crippen LogP contribution in [-0.4, -0.2) is 22.5 Å². The number of halogens is 1. The van der Waals surface area contributed by atoms with E-state index in [1.165, 1.54) is 12.1 Å². The summed E-state index contributed by atoms with van der Waals surface area (Å²) < 4.78 is 13.2. The van der Waals surface area contributed by atoms with Crippen LogP contribution < -0.4 is 5.32 Å². The molecule has 0 fully saturated rings. The maximum Gasteiger partial charge on any atom is 0.255 e. The lowest BCUT2D eigenvalue weighted by atomic mass is 10.1. The Balaban J connectivity index is 1.65. The first-order valence-electron chi connectivity index (χ1n) is 7.38. The van der Waals surface area contributed by atoms with Gasteiger partial charge in [-0.3, -0.25) is 4.79 Å². The Hall–Kier alpha value is -2.82. The molecule has 0 aliphatic rings. The Bertz CT molecular complexity index is 871. The van der Waals surface area contributed by atoms with Crippen molar-refractivity contribution in [1.82, 2.24) is 10.3 Å². The summed E-state index contributed by atoms with van der Waals surface area (Å²) in [4.78, 5) is 15.1. The number of carbonyl (C=O) groups is 1. The van der Waals surface area contributed by atoms with Gasteiger partial charge in [-0.2, -0.15) is 0 Å². The molecule has 0 atom stereocenters. The first-order chi connectivity index (χ1) is 11.0. The second-order valence-electron chi connectivity index (χ2n) is 5.53. The van der Waals surface area contributed by atoms with E-state index < -0.39 is 0 Å². The van der Waals surface area contributed by atoms with Crippen LogP contribution in [0.2, 0.25) is 0 Å². The third-order valence-electron chi connectivity index (χ3n) is 3.81. The summed E-state index contributed by atoms with van der Waals surface area (Å²) in [5, 5.41) is 13.5. The predicted molar refractivity (Wildman–Crippen MR) is 87.1 cm³/mol. The molecule has 0 saturated heterocycles. The highest BCUT2D eigenvalue weighted by Gasteiger charge is 2.11. The Labute approximate surface area is 133 Å². The number of aromatic nitrogens is 1. The van der Waals surface area contributed by atoms with Gasteiger partial charge in [-0.15, -0.1) is 0 Å². The number of rotatable bonds is 4. The van der Waals surface area contributed by atoms with E-state index in [2.05, 4.69) is 10.3 Å². The molecule has 3 aromatic rings. The number of hydrogen-bond acceptors (Lipinski definition) is 2. The summed E-state index contributed by atoms with van der Waals surface area (Å²) in [6.45, 7) is 2.28. The number of fused-ring (bicyclic) bond motifs is 1. The van der Waals surface area contributed by atoms with Crippen LogP contribution in [-0.2, 0) is 6.42 Å². The van der Waals surface area contributed by atoms with E-state index in [0.29, 0.717) is 13.0 Å². The zero-order valence-corrected chi connectivity index (χ0v) is 12.7. The van der Waals surface area contributed by atoms with Gasteiger partial charge in [0.25, 0.3) is 5.91 Å². The predicted octanol–water partition coefficient (Wildman–Crippen LogP) is 3.29. The summed E-state index contributed by atoms with van der Waals surface area (Å²) in [7, 11) is 0.